The summed E-state index contributed by atoms with van der Waals surface area (Å²) in [5.74, 6) is -0.804. The van der Waals surface area contributed by atoms with Crippen LogP contribution in [0.25, 0.3) is 0 Å². The summed E-state index contributed by atoms with van der Waals surface area (Å²) >= 11 is 0. The van der Waals surface area contributed by atoms with Crippen molar-refractivity contribution in [2.75, 3.05) is 13.1 Å². The highest BCUT2D eigenvalue weighted by Gasteiger charge is 2.20. The average molecular weight is 266 g/mol. The first-order valence-electron chi connectivity index (χ1n) is 6.61. The molecule has 3 N–H and O–H groups in total. The van der Waals surface area contributed by atoms with Crippen LogP contribution in [0.5, 0.6) is 0 Å². The van der Waals surface area contributed by atoms with E-state index in [4.69, 9.17) is 5.73 Å². The van der Waals surface area contributed by atoms with Crippen LogP contribution in [0.15, 0.2) is 18.2 Å². The van der Waals surface area contributed by atoms with Crippen LogP contribution >= 0.6 is 0 Å². The van der Waals surface area contributed by atoms with Gasteiger partial charge in [-0.05, 0) is 43.4 Å². The van der Waals surface area contributed by atoms with Gasteiger partial charge in [-0.1, -0.05) is 26.0 Å². The molecule has 0 unspecified atom stereocenters. The number of hydrogen-bond acceptors (Lipinski definition) is 2. The molecule has 1 aromatic rings. The van der Waals surface area contributed by atoms with E-state index >= 15 is 0 Å². The van der Waals surface area contributed by atoms with Gasteiger partial charge in [0.1, 0.15) is 5.82 Å². The number of nitrogens with one attached hydrogen (secondary N) is 1. The molecule has 106 valence electrons. The lowest BCUT2D eigenvalue weighted by Crippen LogP contribution is -2.34. The summed E-state index contributed by atoms with van der Waals surface area (Å²) in [4.78, 5) is 12.0. The van der Waals surface area contributed by atoms with Crippen molar-refractivity contribution in [2.24, 2.45) is 11.1 Å². The van der Waals surface area contributed by atoms with Gasteiger partial charge in [-0.25, -0.2) is 4.39 Å². The van der Waals surface area contributed by atoms with Gasteiger partial charge in [0, 0.05) is 6.54 Å². The number of halogens is 1. The maximum atomic E-state index is 13.8. The summed E-state index contributed by atoms with van der Waals surface area (Å²) in [6.07, 6.45) is 1.85. The SMILES string of the molecule is Cc1cccc(C(=O)NCC(C)(C)CCCN)c1F. The van der Waals surface area contributed by atoms with Crippen LogP contribution in [-0.2, 0) is 0 Å². The van der Waals surface area contributed by atoms with E-state index in [1.807, 2.05) is 0 Å². The fourth-order valence-corrected chi connectivity index (χ4v) is 1.91. The van der Waals surface area contributed by atoms with Crippen molar-refractivity contribution in [2.45, 2.75) is 33.6 Å². The third-order valence-corrected chi connectivity index (χ3v) is 3.22. The topological polar surface area (TPSA) is 55.1 Å². The summed E-state index contributed by atoms with van der Waals surface area (Å²) in [5.41, 5.74) is 6.04. The van der Waals surface area contributed by atoms with Crippen LogP contribution in [0, 0.1) is 18.2 Å². The molecule has 0 bridgehead atoms. The molecule has 0 atom stereocenters. The van der Waals surface area contributed by atoms with E-state index < -0.39 is 5.82 Å². The van der Waals surface area contributed by atoms with Gasteiger partial charge < -0.3 is 11.1 Å². The Morgan fingerprint density at radius 2 is 2.11 bits per heavy atom. The van der Waals surface area contributed by atoms with Gasteiger partial charge in [-0.3, -0.25) is 4.79 Å². The van der Waals surface area contributed by atoms with Gasteiger partial charge in [0.15, 0.2) is 0 Å². The zero-order valence-electron chi connectivity index (χ0n) is 11.9. The third-order valence-electron chi connectivity index (χ3n) is 3.22. The van der Waals surface area contributed by atoms with Crippen molar-refractivity contribution in [3.05, 3.63) is 35.1 Å². The summed E-state index contributed by atoms with van der Waals surface area (Å²) < 4.78 is 13.8. The van der Waals surface area contributed by atoms with E-state index in [2.05, 4.69) is 19.2 Å². The smallest absolute Gasteiger partial charge is 0.254 e. The predicted molar refractivity (Wildman–Crippen MR) is 75.5 cm³/mol. The Kier molecular flexibility index (Phi) is 5.48. The molecule has 0 saturated carbocycles. The summed E-state index contributed by atoms with van der Waals surface area (Å²) in [7, 11) is 0. The van der Waals surface area contributed by atoms with Crippen LogP contribution in [0.2, 0.25) is 0 Å². The van der Waals surface area contributed by atoms with Crippen molar-refractivity contribution in [3.63, 3.8) is 0 Å². The van der Waals surface area contributed by atoms with Crippen LogP contribution < -0.4 is 11.1 Å². The fourth-order valence-electron chi connectivity index (χ4n) is 1.91. The lowest BCUT2D eigenvalue weighted by atomic mass is 9.87. The molecule has 0 radical (unpaired) electrons. The first-order valence-corrected chi connectivity index (χ1v) is 6.61. The van der Waals surface area contributed by atoms with Crippen LogP contribution in [0.4, 0.5) is 4.39 Å². The van der Waals surface area contributed by atoms with Crippen LogP contribution in [0.1, 0.15) is 42.6 Å². The number of carbonyl (C=O) groups is 1. The largest absolute Gasteiger partial charge is 0.351 e. The van der Waals surface area contributed by atoms with E-state index in [9.17, 15) is 9.18 Å². The Hall–Kier alpha value is -1.42. The van der Waals surface area contributed by atoms with Crippen molar-refractivity contribution >= 4 is 5.91 Å². The molecule has 0 aliphatic heterocycles. The van der Waals surface area contributed by atoms with Gasteiger partial charge in [-0.2, -0.15) is 0 Å². The Bertz CT molecular complexity index is 444. The Labute approximate surface area is 114 Å². The molecule has 1 amide bonds. The van der Waals surface area contributed by atoms with Gasteiger partial charge in [0.05, 0.1) is 5.56 Å². The molecule has 0 heterocycles. The molecule has 0 saturated heterocycles. The van der Waals surface area contributed by atoms with E-state index in [1.165, 1.54) is 6.07 Å². The minimum Gasteiger partial charge on any atom is -0.351 e. The average Bonchev–Trinajstić information content (AvgIpc) is 2.37. The lowest BCUT2D eigenvalue weighted by Gasteiger charge is -2.24. The molecule has 1 aromatic carbocycles. The molecule has 3 nitrogen and oxygen atoms in total. The summed E-state index contributed by atoms with van der Waals surface area (Å²) in [5, 5.41) is 2.80. The monoisotopic (exact) mass is 266 g/mol. The predicted octanol–water partition coefficient (Wildman–Crippen LogP) is 2.63. The standard InChI is InChI=1S/C15H23FN2O/c1-11-6-4-7-12(13(11)16)14(19)18-10-15(2,3)8-5-9-17/h4,6-7H,5,8-10,17H2,1-3H3,(H,18,19). The van der Waals surface area contributed by atoms with E-state index in [1.54, 1.807) is 19.1 Å². The molecule has 0 aliphatic carbocycles. The number of nitrogens with two attached hydrogens (primary N) is 1. The maximum Gasteiger partial charge on any atom is 0.254 e. The molecule has 0 spiro atoms. The quantitative estimate of drug-likeness (QED) is 0.831. The first-order chi connectivity index (χ1) is 8.87. The van der Waals surface area contributed by atoms with E-state index in [0.29, 0.717) is 18.7 Å². The lowest BCUT2D eigenvalue weighted by molar-refractivity contribution is 0.0930. The molecule has 0 fully saturated rings. The normalized spacial score (nSPS) is 11.4. The van der Waals surface area contributed by atoms with Crippen molar-refractivity contribution in [3.8, 4) is 0 Å². The number of hydrogen-bond donors (Lipinski definition) is 2. The second-order valence-corrected chi connectivity index (χ2v) is 5.68. The van der Waals surface area contributed by atoms with E-state index in [0.717, 1.165) is 12.8 Å². The molecule has 1 rings (SSSR count). The van der Waals surface area contributed by atoms with Gasteiger partial charge in [0.2, 0.25) is 0 Å². The highest BCUT2D eigenvalue weighted by molar-refractivity contribution is 5.94. The second-order valence-electron chi connectivity index (χ2n) is 5.68. The zero-order valence-corrected chi connectivity index (χ0v) is 11.9. The molecular weight excluding hydrogens is 243 g/mol. The number of amides is 1. The van der Waals surface area contributed by atoms with Gasteiger partial charge >= 0.3 is 0 Å². The highest BCUT2D eigenvalue weighted by atomic mass is 19.1. The summed E-state index contributed by atoms with van der Waals surface area (Å²) in [6, 6.07) is 4.84. The number of rotatable bonds is 6. The minimum absolute atomic E-state index is 0.0324. The fraction of sp³-hybridized carbons (Fsp3) is 0.533. The molecule has 0 aliphatic rings. The Morgan fingerprint density at radius 3 is 2.74 bits per heavy atom. The second kappa shape index (κ2) is 6.66. The molecule has 0 aromatic heterocycles. The first kappa shape index (κ1) is 15.6. The van der Waals surface area contributed by atoms with E-state index in [-0.39, 0.29) is 16.9 Å². The Balaban J connectivity index is 2.63. The van der Waals surface area contributed by atoms with Crippen molar-refractivity contribution in [1.29, 1.82) is 0 Å². The minimum atomic E-state index is -0.445. The number of aryl methyl sites for hydroxylation is 1. The van der Waals surface area contributed by atoms with Gasteiger partial charge in [-0.15, -0.1) is 0 Å². The third kappa shape index (κ3) is 4.63. The van der Waals surface area contributed by atoms with Crippen molar-refractivity contribution < 1.29 is 9.18 Å². The molecule has 19 heavy (non-hydrogen) atoms. The summed E-state index contributed by atoms with van der Waals surface area (Å²) in [6.45, 7) is 6.94. The zero-order chi connectivity index (χ0) is 14.5. The Morgan fingerprint density at radius 1 is 1.42 bits per heavy atom. The number of carbonyl (C=O) groups excluding carboxylic acids is 1. The van der Waals surface area contributed by atoms with Gasteiger partial charge in [0.25, 0.3) is 5.91 Å². The molecule has 4 heteroatoms. The van der Waals surface area contributed by atoms with Crippen molar-refractivity contribution in [1.82, 2.24) is 5.32 Å². The molecular formula is C15H23FN2O. The highest BCUT2D eigenvalue weighted by Crippen LogP contribution is 2.21. The maximum absolute atomic E-state index is 13.8. The number of benzene rings is 1. The van der Waals surface area contributed by atoms with Crippen LogP contribution in [0.3, 0.4) is 0 Å². The van der Waals surface area contributed by atoms with Crippen LogP contribution in [-0.4, -0.2) is 19.0 Å².